The van der Waals surface area contributed by atoms with E-state index in [1.165, 1.54) is 30.0 Å². The Morgan fingerprint density at radius 1 is 1.36 bits per heavy atom. The largest absolute Gasteiger partial charge is 0.461 e. The van der Waals surface area contributed by atoms with Crippen LogP contribution in [0.2, 0.25) is 0 Å². The van der Waals surface area contributed by atoms with E-state index in [2.05, 4.69) is 10.2 Å². The molecule has 0 unspecified atom stereocenters. The molecule has 25 heavy (non-hydrogen) atoms. The molecule has 0 N–H and O–H groups in total. The van der Waals surface area contributed by atoms with E-state index in [4.69, 9.17) is 9.68 Å². The first-order chi connectivity index (χ1) is 12.1. The molecule has 0 spiro atoms. The Hall–Kier alpha value is -3.38. The van der Waals surface area contributed by atoms with Crippen molar-refractivity contribution in [1.82, 2.24) is 14.8 Å². The molecule has 9 heteroatoms. The zero-order valence-electron chi connectivity index (χ0n) is 13.0. The minimum absolute atomic E-state index is 0.0104. The minimum Gasteiger partial charge on any atom is -0.461 e. The second-order valence-corrected chi connectivity index (χ2v) is 5.90. The molecule has 0 aliphatic rings. The fourth-order valence-electron chi connectivity index (χ4n) is 2.10. The summed E-state index contributed by atoms with van der Waals surface area (Å²) in [4.78, 5) is 10.9. The van der Waals surface area contributed by atoms with Crippen LogP contribution in [0.25, 0.3) is 16.5 Å². The van der Waals surface area contributed by atoms with Gasteiger partial charge >= 0.3 is 0 Å². The van der Waals surface area contributed by atoms with E-state index in [0.717, 1.165) is 0 Å². The van der Waals surface area contributed by atoms with Gasteiger partial charge in [-0.3, -0.25) is 10.1 Å². The van der Waals surface area contributed by atoms with Crippen LogP contribution in [0.3, 0.4) is 0 Å². The highest BCUT2D eigenvalue weighted by Crippen LogP contribution is 2.34. The lowest BCUT2D eigenvalue weighted by molar-refractivity contribution is -0.384. The predicted molar refractivity (Wildman–Crippen MR) is 91.2 cm³/mol. The molecule has 124 valence electrons. The van der Waals surface area contributed by atoms with Gasteiger partial charge in [0.1, 0.15) is 0 Å². The van der Waals surface area contributed by atoms with Gasteiger partial charge in [-0.25, -0.2) is 0 Å². The van der Waals surface area contributed by atoms with Gasteiger partial charge in [0.2, 0.25) is 0 Å². The number of furan rings is 1. The summed E-state index contributed by atoms with van der Waals surface area (Å²) in [5.74, 6) is 1.15. The lowest BCUT2D eigenvalue weighted by Crippen LogP contribution is -1.94. The van der Waals surface area contributed by atoms with Crippen LogP contribution < -0.4 is 0 Å². The van der Waals surface area contributed by atoms with E-state index >= 15 is 0 Å². The van der Waals surface area contributed by atoms with Crippen LogP contribution in [0.15, 0.2) is 58.3 Å². The normalized spacial score (nSPS) is 11.3. The molecular weight excluding hydrogens is 342 g/mol. The molecule has 0 amide bonds. The van der Waals surface area contributed by atoms with Crippen molar-refractivity contribution < 1.29 is 9.34 Å². The Morgan fingerprint density at radius 2 is 2.12 bits per heavy atom. The summed E-state index contributed by atoms with van der Waals surface area (Å²) < 4.78 is 7.07. The Labute approximate surface area is 146 Å². The first kappa shape index (κ1) is 16.5. The Balaban J connectivity index is 1.90. The number of hydrogen-bond acceptors (Lipinski definition) is 7. The van der Waals surface area contributed by atoms with Gasteiger partial charge in [0.05, 0.1) is 17.3 Å². The quantitative estimate of drug-likeness (QED) is 0.298. The van der Waals surface area contributed by atoms with Gasteiger partial charge in [-0.05, 0) is 41.6 Å². The third-order valence-corrected chi connectivity index (χ3v) is 4.45. The molecule has 0 saturated carbocycles. The molecule has 0 atom stereocenters. The van der Waals surface area contributed by atoms with Gasteiger partial charge in [-0.15, -0.1) is 10.2 Å². The van der Waals surface area contributed by atoms with E-state index in [1.807, 2.05) is 6.07 Å². The maximum Gasteiger partial charge on any atom is 0.269 e. The van der Waals surface area contributed by atoms with Crippen molar-refractivity contribution in [3.63, 3.8) is 0 Å². The van der Waals surface area contributed by atoms with Crippen molar-refractivity contribution in [3.05, 3.63) is 64.4 Å². The molecule has 3 rings (SSSR count). The second-order valence-electron chi connectivity index (χ2n) is 4.89. The van der Waals surface area contributed by atoms with Crippen LogP contribution in [0.4, 0.5) is 5.69 Å². The number of nitro benzene ring substituents is 1. The van der Waals surface area contributed by atoms with Gasteiger partial charge < -0.3 is 8.98 Å². The fraction of sp³-hybridized carbons (Fsp3) is 0.0625. The Kier molecular flexibility index (Phi) is 4.63. The van der Waals surface area contributed by atoms with E-state index in [-0.39, 0.29) is 5.69 Å². The number of aromatic nitrogens is 3. The SMILES string of the molecule is Cn1c(S/C(=C\C#N)c2ccc([N+](=O)[O-])cc2)nnc1-c1ccco1. The maximum absolute atomic E-state index is 10.8. The molecule has 0 radical (unpaired) electrons. The van der Waals surface area contributed by atoms with Crippen molar-refractivity contribution in [3.8, 4) is 17.7 Å². The van der Waals surface area contributed by atoms with E-state index in [1.54, 1.807) is 42.1 Å². The summed E-state index contributed by atoms with van der Waals surface area (Å²) in [7, 11) is 1.79. The molecular formula is C16H11N5O3S. The molecule has 2 heterocycles. The maximum atomic E-state index is 10.8. The van der Waals surface area contributed by atoms with Crippen molar-refractivity contribution >= 4 is 22.4 Å². The van der Waals surface area contributed by atoms with Crippen LogP contribution in [-0.2, 0) is 7.05 Å². The topological polar surface area (TPSA) is 111 Å². The van der Waals surface area contributed by atoms with Crippen LogP contribution in [0.1, 0.15) is 5.56 Å². The summed E-state index contributed by atoms with van der Waals surface area (Å²) in [5, 5.41) is 28.6. The van der Waals surface area contributed by atoms with Crippen molar-refractivity contribution in [2.75, 3.05) is 0 Å². The summed E-state index contributed by atoms with van der Waals surface area (Å²) in [5.41, 5.74) is 0.670. The fourth-order valence-corrected chi connectivity index (χ4v) is 2.97. The zero-order chi connectivity index (χ0) is 17.8. The molecule has 0 fully saturated rings. The van der Waals surface area contributed by atoms with Crippen LogP contribution in [0, 0.1) is 21.4 Å². The lowest BCUT2D eigenvalue weighted by Gasteiger charge is -2.06. The number of thioether (sulfide) groups is 1. The Morgan fingerprint density at radius 3 is 2.72 bits per heavy atom. The summed E-state index contributed by atoms with van der Waals surface area (Å²) in [6, 6.07) is 11.5. The first-order valence-corrected chi connectivity index (χ1v) is 7.87. The van der Waals surface area contributed by atoms with Crippen molar-refractivity contribution in [2.24, 2.45) is 7.05 Å². The molecule has 8 nitrogen and oxygen atoms in total. The van der Waals surface area contributed by atoms with Crippen molar-refractivity contribution in [1.29, 1.82) is 5.26 Å². The number of non-ortho nitro benzene ring substituents is 1. The highest BCUT2D eigenvalue weighted by atomic mass is 32.2. The number of benzene rings is 1. The molecule has 3 aromatic rings. The van der Waals surface area contributed by atoms with Crippen LogP contribution >= 0.6 is 11.8 Å². The molecule has 0 aliphatic heterocycles. The van der Waals surface area contributed by atoms with E-state index in [0.29, 0.717) is 27.2 Å². The highest BCUT2D eigenvalue weighted by Gasteiger charge is 2.16. The van der Waals surface area contributed by atoms with Gasteiger partial charge in [0, 0.05) is 30.2 Å². The lowest BCUT2D eigenvalue weighted by atomic mass is 10.2. The number of nitriles is 1. The second kappa shape index (κ2) is 7.02. The van der Waals surface area contributed by atoms with Gasteiger partial charge in [-0.1, -0.05) is 0 Å². The van der Waals surface area contributed by atoms with Gasteiger partial charge in [-0.2, -0.15) is 5.26 Å². The number of nitrogens with zero attached hydrogens (tertiary/aromatic N) is 5. The Bertz CT molecular complexity index is 968. The van der Waals surface area contributed by atoms with Crippen molar-refractivity contribution in [2.45, 2.75) is 5.16 Å². The predicted octanol–water partition coefficient (Wildman–Crippen LogP) is 3.64. The van der Waals surface area contributed by atoms with E-state index in [9.17, 15) is 10.1 Å². The number of nitro groups is 1. The summed E-state index contributed by atoms with van der Waals surface area (Å²) in [6.45, 7) is 0. The molecule has 0 aliphatic carbocycles. The summed E-state index contributed by atoms with van der Waals surface area (Å²) in [6.07, 6.45) is 2.92. The highest BCUT2D eigenvalue weighted by molar-refractivity contribution is 8.08. The molecule has 0 bridgehead atoms. The third kappa shape index (κ3) is 3.44. The average Bonchev–Trinajstić information content (AvgIpc) is 3.25. The standard InChI is InChI=1S/C16H11N5O3S/c1-20-15(13-3-2-10-24-13)18-19-16(20)25-14(8-9-17)11-4-6-12(7-5-11)21(22)23/h2-8,10H,1H3/b14-8-. The van der Waals surface area contributed by atoms with Gasteiger partial charge in [0.15, 0.2) is 16.7 Å². The number of hydrogen-bond donors (Lipinski definition) is 0. The number of rotatable bonds is 5. The first-order valence-electron chi connectivity index (χ1n) is 7.06. The zero-order valence-corrected chi connectivity index (χ0v) is 13.8. The van der Waals surface area contributed by atoms with Gasteiger partial charge in [0.25, 0.3) is 5.69 Å². The monoisotopic (exact) mass is 353 g/mol. The minimum atomic E-state index is -0.469. The third-order valence-electron chi connectivity index (χ3n) is 3.34. The molecule has 1 aromatic carbocycles. The van der Waals surface area contributed by atoms with Crippen LogP contribution in [-0.4, -0.2) is 19.7 Å². The molecule has 2 aromatic heterocycles. The smallest absolute Gasteiger partial charge is 0.269 e. The summed E-state index contributed by atoms with van der Waals surface area (Å²) >= 11 is 1.24. The van der Waals surface area contributed by atoms with Crippen LogP contribution in [0.5, 0.6) is 0 Å². The van der Waals surface area contributed by atoms with E-state index < -0.39 is 4.92 Å². The number of allylic oxidation sites excluding steroid dienone is 1. The molecule has 0 saturated heterocycles. The average molecular weight is 353 g/mol.